The predicted octanol–water partition coefficient (Wildman–Crippen LogP) is 3.91. The third-order valence-corrected chi connectivity index (χ3v) is 5.84. The summed E-state index contributed by atoms with van der Waals surface area (Å²) in [6.07, 6.45) is 4.55. The quantitative estimate of drug-likeness (QED) is 0.538. The second kappa shape index (κ2) is 10.1. The molecular formula is C26H26F2N4O2. The third-order valence-electron chi connectivity index (χ3n) is 5.84. The number of amides is 2. The number of nitrogens with one attached hydrogen (secondary N) is 1. The van der Waals surface area contributed by atoms with Gasteiger partial charge in [-0.2, -0.15) is 0 Å². The van der Waals surface area contributed by atoms with Crippen molar-refractivity contribution >= 4 is 11.8 Å². The summed E-state index contributed by atoms with van der Waals surface area (Å²) in [6, 6.07) is 14.5. The molecule has 0 saturated carbocycles. The van der Waals surface area contributed by atoms with Gasteiger partial charge in [-0.25, -0.2) is 8.78 Å². The smallest absolute Gasteiger partial charge is 0.282 e. The van der Waals surface area contributed by atoms with Crippen molar-refractivity contribution in [3.8, 4) is 0 Å². The second-order valence-electron chi connectivity index (χ2n) is 8.54. The van der Waals surface area contributed by atoms with Gasteiger partial charge in [-0.05, 0) is 36.1 Å². The Morgan fingerprint density at radius 2 is 1.88 bits per heavy atom. The van der Waals surface area contributed by atoms with E-state index in [9.17, 15) is 14.0 Å². The fraction of sp³-hybridized carbons (Fsp3) is 0.308. The topological polar surface area (TPSA) is 75.2 Å². The Morgan fingerprint density at radius 1 is 1.12 bits per heavy atom. The molecule has 1 aliphatic heterocycles. The van der Waals surface area contributed by atoms with Gasteiger partial charge in [0.2, 0.25) is 5.91 Å². The van der Waals surface area contributed by atoms with Gasteiger partial charge >= 0.3 is 0 Å². The summed E-state index contributed by atoms with van der Waals surface area (Å²) < 4.78 is 29.6. The Kier molecular flexibility index (Phi) is 6.95. The molecule has 1 aliphatic rings. The predicted molar refractivity (Wildman–Crippen MR) is 123 cm³/mol. The molecule has 6 nitrogen and oxygen atoms in total. The molecule has 2 heterocycles. The molecule has 4 rings (SSSR count). The van der Waals surface area contributed by atoms with Crippen molar-refractivity contribution in [3.05, 3.63) is 95.3 Å². The van der Waals surface area contributed by atoms with Crippen LogP contribution in [-0.2, 0) is 22.4 Å². The van der Waals surface area contributed by atoms with Gasteiger partial charge in [0.1, 0.15) is 5.82 Å². The van der Waals surface area contributed by atoms with E-state index in [0.717, 1.165) is 5.56 Å². The summed E-state index contributed by atoms with van der Waals surface area (Å²) in [5, 5.41) is 2.23. The first-order valence-electron chi connectivity index (χ1n) is 11.2. The minimum atomic E-state index is -2.58. The molecule has 1 aromatic heterocycles. The van der Waals surface area contributed by atoms with Crippen molar-refractivity contribution in [1.29, 1.82) is 0 Å². The van der Waals surface area contributed by atoms with Gasteiger partial charge in [-0.1, -0.05) is 42.5 Å². The number of hydrogen-bond acceptors (Lipinski definition) is 4. The lowest BCUT2D eigenvalue weighted by Crippen LogP contribution is -2.57. The van der Waals surface area contributed by atoms with E-state index in [2.05, 4.69) is 15.3 Å². The zero-order valence-corrected chi connectivity index (χ0v) is 18.9. The summed E-state index contributed by atoms with van der Waals surface area (Å²) in [5.74, 6) is -4.34. The lowest BCUT2D eigenvalue weighted by molar-refractivity contribution is -0.151. The number of hydrogen-bond donors (Lipinski definition) is 1. The standard InChI is InChI=1S/C26H26F2N4O2/c1-18(33)31-26(28,15-19-7-3-2-4-8-19)25(34)32-12-6-11-24(32)23-17-29-16-22(30-23)14-20-9-5-10-21(27)13-20/h2-5,7-10,13,16-17,24H,6,11-12,14-15H2,1H3,(H,31,33)/t24-,26-/m1/s1. The molecule has 1 saturated heterocycles. The van der Waals surface area contributed by atoms with Gasteiger partial charge in [-0.3, -0.25) is 19.6 Å². The fourth-order valence-corrected chi connectivity index (χ4v) is 4.40. The van der Waals surface area contributed by atoms with Crippen molar-refractivity contribution in [2.45, 2.75) is 44.4 Å². The highest BCUT2D eigenvalue weighted by Gasteiger charge is 2.46. The van der Waals surface area contributed by atoms with E-state index in [4.69, 9.17) is 0 Å². The van der Waals surface area contributed by atoms with Crippen LogP contribution >= 0.6 is 0 Å². The van der Waals surface area contributed by atoms with E-state index in [-0.39, 0.29) is 12.2 Å². The average Bonchev–Trinajstić information content (AvgIpc) is 3.29. The molecule has 1 N–H and O–H groups in total. The molecule has 2 atom stereocenters. The number of likely N-dealkylation sites (tertiary alicyclic amines) is 1. The van der Waals surface area contributed by atoms with Crippen LogP contribution in [0.4, 0.5) is 8.78 Å². The first-order valence-corrected chi connectivity index (χ1v) is 11.2. The molecule has 0 bridgehead atoms. The average molecular weight is 465 g/mol. The molecule has 2 amide bonds. The normalized spacial score (nSPS) is 17.3. The summed E-state index contributed by atoms with van der Waals surface area (Å²) in [5.41, 5.74) is 2.52. The number of carbonyl (C=O) groups excluding carboxylic acids is 2. The van der Waals surface area contributed by atoms with E-state index < -0.39 is 23.6 Å². The summed E-state index contributed by atoms with van der Waals surface area (Å²) >= 11 is 0. The molecular weight excluding hydrogens is 438 g/mol. The number of carbonyl (C=O) groups is 2. The van der Waals surface area contributed by atoms with Gasteiger partial charge in [0.25, 0.3) is 11.7 Å². The number of nitrogens with zero attached hydrogens (tertiary/aromatic N) is 3. The molecule has 0 aliphatic carbocycles. The van der Waals surface area contributed by atoms with Crippen molar-refractivity contribution < 1.29 is 18.4 Å². The molecule has 1 fully saturated rings. The van der Waals surface area contributed by atoms with Crippen LogP contribution in [0.5, 0.6) is 0 Å². The molecule has 8 heteroatoms. The van der Waals surface area contributed by atoms with E-state index in [1.54, 1.807) is 54.9 Å². The molecule has 2 aromatic carbocycles. The Labute approximate surface area is 197 Å². The van der Waals surface area contributed by atoms with Crippen LogP contribution in [0.25, 0.3) is 0 Å². The highest BCUT2D eigenvalue weighted by atomic mass is 19.1. The SMILES string of the molecule is CC(=O)N[C@](F)(Cc1ccccc1)C(=O)N1CCC[C@@H]1c1cncc(Cc2cccc(F)c2)n1. The van der Waals surface area contributed by atoms with E-state index >= 15 is 4.39 Å². The number of rotatable bonds is 7. The maximum absolute atomic E-state index is 16.1. The van der Waals surface area contributed by atoms with Crippen molar-refractivity contribution in [3.63, 3.8) is 0 Å². The van der Waals surface area contributed by atoms with Gasteiger partial charge in [0.05, 0.1) is 23.6 Å². The monoisotopic (exact) mass is 464 g/mol. The number of alkyl halides is 1. The first-order chi connectivity index (χ1) is 16.3. The highest BCUT2D eigenvalue weighted by Crippen LogP contribution is 2.34. The van der Waals surface area contributed by atoms with Crippen LogP contribution < -0.4 is 5.32 Å². The van der Waals surface area contributed by atoms with Crippen molar-refractivity contribution in [2.75, 3.05) is 6.54 Å². The lowest BCUT2D eigenvalue weighted by Gasteiger charge is -2.33. The Bertz CT molecular complexity index is 1170. The van der Waals surface area contributed by atoms with Gasteiger partial charge in [0.15, 0.2) is 0 Å². The number of aromatic nitrogens is 2. The van der Waals surface area contributed by atoms with Crippen LogP contribution in [0.2, 0.25) is 0 Å². The Balaban J connectivity index is 1.58. The number of benzene rings is 2. The van der Waals surface area contributed by atoms with E-state index in [1.165, 1.54) is 24.0 Å². The van der Waals surface area contributed by atoms with Crippen molar-refractivity contribution in [2.24, 2.45) is 0 Å². The van der Waals surface area contributed by atoms with Crippen LogP contribution in [0.15, 0.2) is 67.0 Å². The maximum atomic E-state index is 16.1. The minimum absolute atomic E-state index is 0.277. The van der Waals surface area contributed by atoms with Crippen LogP contribution in [0.3, 0.4) is 0 Å². The van der Waals surface area contributed by atoms with Gasteiger partial charge in [-0.15, -0.1) is 0 Å². The highest BCUT2D eigenvalue weighted by molar-refractivity contribution is 5.90. The molecule has 34 heavy (non-hydrogen) atoms. The Hall–Kier alpha value is -3.68. The third kappa shape index (κ3) is 5.44. The minimum Gasteiger partial charge on any atom is -0.330 e. The van der Waals surface area contributed by atoms with Gasteiger partial charge in [0, 0.05) is 32.5 Å². The second-order valence-corrected chi connectivity index (χ2v) is 8.54. The van der Waals surface area contributed by atoms with Crippen LogP contribution in [-0.4, -0.2) is 39.0 Å². The van der Waals surface area contributed by atoms with E-state index in [1.807, 2.05) is 0 Å². The van der Waals surface area contributed by atoms with Crippen LogP contribution in [0.1, 0.15) is 48.3 Å². The van der Waals surface area contributed by atoms with Gasteiger partial charge < -0.3 is 10.2 Å². The fourth-order valence-electron chi connectivity index (χ4n) is 4.40. The maximum Gasteiger partial charge on any atom is 0.282 e. The Morgan fingerprint density at radius 3 is 2.62 bits per heavy atom. The molecule has 0 radical (unpaired) electrons. The lowest BCUT2D eigenvalue weighted by atomic mass is 10.0. The van der Waals surface area contributed by atoms with Crippen LogP contribution in [0, 0.1) is 5.82 Å². The summed E-state index contributed by atoms with van der Waals surface area (Å²) in [4.78, 5) is 35.6. The van der Waals surface area contributed by atoms with Crippen molar-refractivity contribution in [1.82, 2.24) is 20.2 Å². The summed E-state index contributed by atoms with van der Waals surface area (Å²) in [6.45, 7) is 1.54. The number of halogens is 2. The molecule has 3 aromatic rings. The molecule has 0 unspecified atom stereocenters. The van der Waals surface area contributed by atoms with E-state index in [0.29, 0.717) is 42.8 Å². The first kappa shape index (κ1) is 23.5. The zero-order valence-electron chi connectivity index (χ0n) is 18.9. The molecule has 176 valence electrons. The largest absolute Gasteiger partial charge is 0.330 e. The summed E-state index contributed by atoms with van der Waals surface area (Å²) in [7, 11) is 0. The molecule has 0 spiro atoms. The zero-order chi connectivity index (χ0) is 24.1.